The van der Waals surface area contributed by atoms with Gasteiger partial charge in [-0.05, 0) is 44.0 Å². The molecule has 27 heavy (non-hydrogen) atoms. The van der Waals surface area contributed by atoms with E-state index in [4.69, 9.17) is 4.74 Å². The second-order valence-corrected chi connectivity index (χ2v) is 7.60. The standard InChI is InChI=1S/C21H30N4O2/c1-15(2)14-25-17(4)20(16(3)23-25)13-21(26)22-18-5-7-19(8-6-18)24-9-11-27-12-10-24/h5-8,15H,9-14H2,1-4H3,(H,22,26). The topological polar surface area (TPSA) is 59.4 Å². The maximum absolute atomic E-state index is 12.5. The molecule has 1 fully saturated rings. The molecule has 0 spiro atoms. The van der Waals surface area contributed by atoms with Gasteiger partial charge in [-0.1, -0.05) is 13.8 Å². The lowest BCUT2D eigenvalue weighted by atomic mass is 10.1. The van der Waals surface area contributed by atoms with Crippen LogP contribution in [0.4, 0.5) is 11.4 Å². The number of carbonyl (C=O) groups is 1. The van der Waals surface area contributed by atoms with E-state index < -0.39 is 0 Å². The number of hydrogen-bond donors (Lipinski definition) is 1. The highest BCUT2D eigenvalue weighted by molar-refractivity contribution is 5.92. The molecule has 146 valence electrons. The van der Waals surface area contributed by atoms with Crippen LogP contribution in [-0.2, 0) is 22.5 Å². The Kier molecular flexibility index (Phi) is 6.16. The van der Waals surface area contributed by atoms with Crippen LogP contribution >= 0.6 is 0 Å². The zero-order valence-corrected chi connectivity index (χ0v) is 16.8. The highest BCUT2D eigenvalue weighted by Crippen LogP contribution is 2.20. The van der Waals surface area contributed by atoms with Crippen LogP contribution in [0, 0.1) is 19.8 Å². The number of rotatable bonds is 6. The van der Waals surface area contributed by atoms with E-state index >= 15 is 0 Å². The molecular weight excluding hydrogens is 340 g/mol. The average molecular weight is 370 g/mol. The highest BCUT2D eigenvalue weighted by atomic mass is 16.5. The van der Waals surface area contributed by atoms with Crippen LogP contribution in [-0.4, -0.2) is 42.0 Å². The molecule has 3 rings (SSSR count). The number of nitrogens with one attached hydrogen (secondary N) is 1. The number of anilines is 2. The molecule has 1 saturated heterocycles. The minimum atomic E-state index is -0.00980. The van der Waals surface area contributed by atoms with Crippen LogP contribution < -0.4 is 10.2 Å². The Labute approximate surface area is 161 Å². The second kappa shape index (κ2) is 8.57. The van der Waals surface area contributed by atoms with E-state index in [0.717, 1.165) is 61.2 Å². The second-order valence-electron chi connectivity index (χ2n) is 7.60. The van der Waals surface area contributed by atoms with Crippen LogP contribution in [0.1, 0.15) is 30.8 Å². The van der Waals surface area contributed by atoms with Crippen molar-refractivity contribution >= 4 is 17.3 Å². The van der Waals surface area contributed by atoms with E-state index in [1.54, 1.807) is 0 Å². The maximum atomic E-state index is 12.5. The number of benzene rings is 1. The molecule has 0 unspecified atom stereocenters. The lowest BCUT2D eigenvalue weighted by Gasteiger charge is -2.28. The summed E-state index contributed by atoms with van der Waals surface area (Å²) >= 11 is 0. The van der Waals surface area contributed by atoms with Gasteiger partial charge >= 0.3 is 0 Å². The van der Waals surface area contributed by atoms with Crippen LogP contribution in [0.25, 0.3) is 0 Å². The predicted octanol–water partition coefficient (Wildman–Crippen LogP) is 3.17. The molecule has 1 aromatic heterocycles. The third-order valence-electron chi connectivity index (χ3n) is 4.93. The lowest BCUT2D eigenvalue weighted by molar-refractivity contribution is -0.115. The predicted molar refractivity (Wildman–Crippen MR) is 108 cm³/mol. The Balaban J connectivity index is 1.61. The van der Waals surface area contributed by atoms with Crippen molar-refractivity contribution in [1.82, 2.24) is 9.78 Å². The number of ether oxygens (including phenoxy) is 1. The smallest absolute Gasteiger partial charge is 0.228 e. The molecule has 6 heteroatoms. The number of hydrogen-bond acceptors (Lipinski definition) is 4. The number of morpholine rings is 1. The van der Waals surface area contributed by atoms with Crippen molar-refractivity contribution in [3.05, 3.63) is 41.2 Å². The molecule has 2 aromatic rings. The van der Waals surface area contributed by atoms with Crippen molar-refractivity contribution in [3.8, 4) is 0 Å². The fourth-order valence-corrected chi connectivity index (χ4v) is 3.46. The molecular formula is C21H30N4O2. The summed E-state index contributed by atoms with van der Waals surface area (Å²) in [6.07, 6.45) is 0.348. The Bertz CT molecular complexity index is 774. The summed E-state index contributed by atoms with van der Waals surface area (Å²) in [6, 6.07) is 8.03. The summed E-state index contributed by atoms with van der Waals surface area (Å²) in [4.78, 5) is 14.8. The number of aryl methyl sites for hydroxylation is 1. The molecule has 6 nitrogen and oxygen atoms in total. The Morgan fingerprint density at radius 1 is 1.19 bits per heavy atom. The lowest BCUT2D eigenvalue weighted by Crippen LogP contribution is -2.36. The first kappa shape index (κ1) is 19.4. The van der Waals surface area contributed by atoms with Gasteiger partial charge in [0.25, 0.3) is 0 Å². The first-order chi connectivity index (χ1) is 12.9. The average Bonchev–Trinajstić information content (AvgIpc) is 2.90. The van der Waals surface area contributed by atoms with Gasteiger partial charge in [0.1, 0.15) is 0 Å². The summed E-state index contributed by atoms with van der Waals surface area (Å²) in [5, 5.41) is 7.60. The van der Waals surface area contributed by atoms with Gasteiger partial charge in [0.15, 0.2) is 0 Å². The van der Waals surface area contributed by atoms with Gasteiger partial charge in [0, 0.05) is 42.3 Å². The number of amides is 1. The van der Waals surface area contributed by atoms with Gasteiger partial charge in [-0.3, -0.25) is 9.48 Å². The van der Waals surface area contributed by atoms with Crippen molar-refractivity contribution in [1.29, 1.82) is 0 Å². The van der Waals surface area contributed by atoms with Gasteiger partial charge in [-0.25, -0.2) is 0 Å². The number of aromatic nitrogens is 2. The number of carbonyl (C=O) groups excluding carboxylic acids is 1. The molecule has 1 amide bonds. The molecule has 0 bridgehead atoms. The van der Waals surface area contributed by atoms with E-state index in [0.29, 0.717) is 12.3 Å². The van der Waals surface area contributed by atoms with Crippen LogP contribution in [0.5, 0.6) is 0 Å². The minimum absolute atomic E-state index is 0.00980. The molecule has 0 atom stereocenters. The normalized spacial score (nSPS) is 14.6. The molecule has 1 aromatic carbocycles. The summed E-state index contributed by atoms with van der Waals surface area (Å²) in [7, 11) is 0. The van der Waals surface area contributed by atoms with Crippen molar-refractivity contribution in [2.75, 3.05) is 36.5 Å². The third kappa shape index (κ3) is 4.89. The fourth-order valence-electron chi connectivity index (χ4n) is 3.46. The van der Waals surface area contributed by atoms with E-state index in [2.05, 4.69) is 41.3 Å². The summed E-state index contributed by atoms with van der Waals surface area (Å²) in [5.74, 6) is 0.513. The Hall–Kier alpha value is -2.34. The molecule has 0 aliphatic carbocycles. The van der Waals surface area contributed by atoms with Gasteiger partial charge in [-0.15, -0.1) is 0 Å². The van der Waals surface area contributed by atoms with E-state index in [1.165, 1.54) is 0 Å². The molecule has 0 saturated carbocycles. The van der Waals surface area contributed by atoms with Crippen LogP contribution in [0.15, 0.2) is 24.3 Å². The number of nitrogens with zero attached hydrogens (tertiary/aromatic N) is 3. The van der Waals surface area contributed by atoms with Crippen molar-refractivity contribution in [2.45, 2.75) is 40.7 Å². The van der Waals surface area contributed by atoms with Crippen molar-refractivity contribution < 1.29 is 9.53 Å². The van der Waals surface area contributed by atoms with Crippen LogP contribution in [0.2, 0.25) is 0 Å². The SMILES string of the molecule is Cc1nn(CC(C)C)c(C)c1CC(=O)Nc1ccc(N2CCOCC2)cc1. The summed E-state index contributed by atoms with van der Waals surface area (Å²) in [5.41, 5.74) is 5.03. The highest BCUT2D eigenvalue weighted by Gasteiger charge is 2.16. The molecule has 2 heterocycles. The zero-order valence-electron chi connectivity index (χ0n) is 16.8. The molecule has 0 radical (unpaired) electrons. The first-order valence-electron chi connectivity index (χ1n) is 9.69. The third-order valence-corrected chi connectivity index (χ3v) is 4.93. The monoisotopic (exact) mass is 370 g/mol. The van der Waals surface area contributed by atoms with Crippen LogP contribution in [0.3, 0.4) is 0 Å². The molecule has 1 aliphatic rings. The van der Waals surface area contributed by atoms with E-state index in [1.807, 2.05) is 30.7 Å². The van der Waals surface area contributed by atoms with E-state index in [-0.39, 0.29) is 5.91 Å². The Morgan fingerprint density at radius 2 is 1.85 bits per heavy atom. The molecule has 1 N–H and O–H groups in total. The van der Waals surface area contributed by atoms with Gasteiger partial charge in [0.05, 0.1) is 25.3 Å². The first-order valence-corrected chi connectivity index (χ1v) is 9.69. The summed E-state index contributed by atoms with van der Waals surface area (Å²) < 4.78 is 7.40. The van der Waals surface area contributed by atoms with Gasteiger partial charge < -0.3 is 15.0 Å². The van der Waals surface area contributed by atoms with Gasteiger partial charge in [-0.2, -0.15) is 5.10 Å². The fraction of sp³-hybridized carbons (Fsp3) is 0.524. The van der Waals surface area contributed by atoms with E-state index in [9.17, 15) is 4.79 Å². The van der Waals surface area contributed by atoms with Crippen molar-refractivity contribution in [2.24, 2.45) is 5.92 Å². The quantitative estimate of drug-likeness (QED) is 0.848. The minimum Gasteiger partial charge on any atom is -0.378 e. The largest absolute Gasteiger partial charge is 0.378 e. The summed E-state index contributed by atoms with van der Waals surface area (Å²) in [6.45, 7) is 12.6. The van der Waals surface area contributed by atoms with Gasteiger partial charge in [0.2, 0.25) is 5.91 Å². The maximum Gasteiger partial charge on any atom is 0.228 e. The molecule has 1 aliphatic heterocycles. The zero-order chi connectivity index (χ0) is 19.4. The van der Waals surface area contributed by atoms with Crippen molar-refractivity contribution in [3.63, 3.8) is 0 Å². The Morgan fingerprint density at radius 3 is 2.48 bits per heavy atom.